The van der Waals surface area contributed by atoms with Crippen molar-refractivity contribution >= 4 is 17.7 Å². The highest BCUT2D eigenvalue weighted by atomic mass is 16.2. The molecule has 3 aliphatic rings. The maximum Gasteiger partial charge on any atom is 0.255 e. The zero-order valence-corrected chi connectivity index (χ0v) is 16.5. The van der Waals surface area contributed by atoms with Gasteiger partial charge in [0.25, 0.3) is 5.91 Å². The molecule has 28 heavy (non-hydrogen) atoms. The summed E-state index contributed by atoms with van der Waals surface area (Å²) >= 11 is 0. The van der Waals surface area contributed by atoms with Gasteiger partial charge >= 0.3 is 0 Å². The smallest absolute Gasteiger partial charge is 0.255 e. The molecule has 1 aromatic heterocycles. The van der Waals surface area contributed by atoms with E-state index >= 15 is 0 Å². The molecule has 3 saturated heterocycles. The van der Waals surface area contributed by atoms with E-state index in [1.165, 1.54) is 0 Å². The standard InChI is InChI=1S/C21H28N4O3/c1-16(26)25-14-8-21(20(28)24-10-2-3-11-24)7-13-23(12-6-18(21)25)19(27)17-5-4-9-22-15-17/h4-5,9,15,18H,2-3,6-8,10-14H2,1H3/t18-,21+/m0/s1. The van der Waals surface area contributed by atoms with Crippen LogP contribution < -0.4 is 0 Å². The van der Waals surface area contributed by atoms with E-state index < -0.39 is 5.41 Å². The highest BCUT2D eigenvalue weighted by Gasteiger charge is 2.55. The zero-order valence-electron chi connectivity index (χ0n) is 16.5. The van der Waals surface area contributed by atoms with Crippen molar-refractivity contribution in [3.63, 3.8) is 0 Å². The molecule has 150 valence electrons. The van der Waals surface area contributed by atoms with Crippen molar-refractivity contribution in [1.29, 1.82) is 0 Å². The number of hydrogen-bond acceptors (Lipinski definition) is 4. The number of amides is 3. The van der Waals surface area contributed by atoms with Gasteiger partial charge in [-0.15, -0.1) is 0 Å². The maximum atomic E-state index is 13.5. The molecule has 0 radical (unpaired) electrons. The topological polar surface area (TPSA) is 73.8 Å². The molecule has 3 fully saturated rings. The summed E-state index contributed by atoms with van der Waals surface area (Å²) in [4.78, 5) is 48.4. The van der Waals surface area contributed by atoms with Gasteiger partial charge in [0, 0.05) is 58.1 Å². The van der Waals surface area contributed by atoms with E-state index in [9.17, 15) is 14.4 Å². The first-order valence-corrected chi connectivity index (χ1v) is 10.3. The number of aromatic nitrogens is 1. The van der Waals surface area contributed by atoms with E-state index in [2.05, 4.69) is 4.98 Å². The number of rotatable bonds is 2. The monoisotopic (exact) mass is 384 g/mol. The average molecular weight is 384 g/mol. The molecule has 0 aliphatic carbocycles. The summed E-state index contributed by atoms with van der Waals surface area (Å²) in [5.41, 5.74) is 0.0119. The summed E-state index contributed by atoms with van der Waals surface area (Å²) in [5, 5.41) is 0. The van der Waals surface area contributed by atoms with Crippen molar-refractivity contribution in [2.24, 2.45) is 5.41 Å². The second-order valence-corrected chi connectivity index (χ2v) is 8.21. The van der Waals surface area contributed by atoms with Gasteiger partial charge in [-0.05, 0) is 44.2 Å². The van der Waals surface area contributed by atoms with Gasteiger partial charge in [-0.3, -0.25) is 19.4 Å². The molecule has 2 atom stereocenters. The molecular weight excluding hydrogens is 356 g/mol. The molecule has 0 spiro atoms. The second-order valence-electron chi connectivity index (χ2n) is 8.21. The Morgan fingerprint density at radius 1 is 1.04 bits per heavy atom. The Bertz CT molecular complexity index is 762. The first-order chi connectivity index (χ1) is 13.5. The largest absolute Gasteiger partial charge is 0.342 e. The van der Waals surface area contributed by atoms with Crippen LogP contribution >= 0.6 is 0 Å². The number of nitrogens with zero attached hydrogens (tertiary/aromatic N) is 4. The summed E-state index contributed by atoms with van der Waals surface area (Å²) < 4.78 is 0. The zero-order chi connectivity index (χ0) is 19.7. The fourth-order valence-corrected chi connectivity index (χ4v) is 5.23. The molecule has 1 aromatic rings. The van der Waals surface area contributed by atoms with Gasteiger partial charge in [0.05, 0.1) is 11.0 Å². The summed E-state index contributed by atoms with van der Waals surface area (Å²) in [5.74, 6) is 0.161. The first-order valence-electron chi connectivity index (χ1n) is 10.3. The van der Waals surface area contributed by atoms with Crippen LogP contribution in [0.5, 0.6) is 0 Å². The minimum absolute atomic E-state index is 0.0214. The number of carbonyl (C=O) groups excluding carboxylic acids is 3. The SMILES string of the molecule is CC(=O)N1CC[C@]2(C(=O)N3CCCC3)CCN(C(=O)c3cccnc3)CC[C@H]12. The van der Waals surface area contributed by atoms with Crippen molar-refractivity contribution in [2.45, 2.75) is 45.1 Å². The molecule has 0 aromatic carbocycles. The predicted octanol–water partition coefficient (Wildman–Crippen LogP) is 1.55. The van der Waals surface area contributed by atoms with Crippen molar-refractivity contribution in [1.82, 2.24) is 19.7 Å². The first kappa shape index (κ1) is 18.9. The maximum absolute atomic E-state index is 13.5. The van der Waals surface area contributed by atoms with Crippen LogP contribution in [0.25, 0.3) is 0 Å². The summed E-state index contributed by atoms with van der Waals surface area (Å²) in [7, 11) is 0. The highest BCUT2D eigenvalue weighted by molar-refractivity contribution is 5.94. The molecule has 3 aliphatic heterocycles. The third kappa shape index (κ3) is 3.16. The van der Waals surface area contributed by atoms with E-state index in [1.54, 1.807) is 31.5 Å². The van der Waals surface area contributed by atoms with Crippen LogP contribution in [0.3, 0.4) is 0 Å². The van der Waals surface area contributed by atoms with Crippen molar-refractivity contribution in [3.05, 3.63) is 30.1 Å². The Morgan fingerprint density at radius 3 is 2.46 bits per heavy atom. The van der Waals surface area contributed by atoms with Gasteiger partial charge in [0.1, 0.15) is 0 Å². The normalized spacial score (nSPS) is 27.5. The lowest BCUT2D eigenvalue weighted by atomic mass is 9.75. The van der Waals surface area contributed by atoms with Gasteiger partial charge < -0.3 is 14.7 Å². The second kappa shape index (κ2) is 7.53. The molecule has 0 N–H and O–H groups in total. The Hall–Kier alpha value is -2.44. The van der Waals surface area contributed by atoms with Crippen LogP contribution in [-0.2, 0) is 9.59 Å². The number of pyridine rings is 1. The van der Waals surface area contributed by atoms with E-state index in [1.807, 2.05) is 14.7 Å². The van der Waals surface area contributed by atoms with Crippen LogP contribution in [0, 0.1) is 5.41 Å². The molecule has 4 rings (SSSR count). The molecule has 0 unspecified atom stereocenters. The molecular formula is C21H28N4O3. The Labute approximate surface area is 165 Å². The van der Waals surface area contributed by atoms with Crippen LogP contribution in [0.1, 0.15) is 49.4 Å². The van der Waals surface area contributed by atoms with E-state index in [0.29, 0.717) is 44.5 Å². The van der Waals surface area contributed by atoms with E-state index in [-0.39, 0.29) is 23.8 Å². The van der Waals surface area contributed by atoms with Gasteiger partial charge in [-0.1, -0.05) is 0 Å². The number of hydrogen-bond donors (Lipinski definition) is 0. The Morgan fingerprint density at radius 2 is 1.79 bits per heavy atom. The third-order valence-electron chi connectivity index (χ3n) is 6.73. The van der Waals surface area contributed by atoms with Crippen molar-refractivity contribution in [2.75, 3.05) is 32.7 Å². The van der Waals surface area contributed by atoms with Crippen LogP contribution in [0.15, 0.2) is 24.5 Å². The Balaban J connectivity index is 1.60. The summed E-state index contributed by atoms with van der Waals surface area (Å²) in [6, 6.07) is 3.41. The minimum atomic E-state index is -0.556. The lowest BCUT2D eigenvalue weighted by Gasteiger charge is -2.37. The fraction of sp³-hybridized carbons (Fsp3) is 0.619. The van der Waals surface area contributed by atoms with E-state index in [0.717, 1.165) is 25.9 Å². The molecule has 7 heteroatoms. The molecule has 0 saturated carbocycles. The van der Waals surface area contributed by atoms with Gasteiger partial charge in [-0.25, -0.2) is 0 Å². The molecule has 4 heterocycles. The fourth-order valence-electron chi connectivity index (χ4n) is 5.23. The summed E-state index contributed by atoms with van der Waals surface area (Å²) in [6.45, 7) is 4.93. The predicted molar refractivity (Wildman–Crippen MR) is 103 cm³/mol. The van der Waals surface area contributed by atoms with E-state index in [4.69, 9.17) is 0 Å². The highest BCUT2D eigenvalue weighted by Crippen LogP contribution is 2.45. The number of likely N-dealkylation sites (tertiary alicyclic amines) is 3. The molecule has 7 nitrogen and oxygen atoms in total. The van der Waals surface area contributed by atoms with Crippen molar-refractivity contribution < 1.29 is 14.4 Å². The van der Waals surface area contributed by atoms with Crippen molar-refractivity contribution in [3.8, 4) is 0 Å². The quantitative estimate of drug-likeness (QED) is 0.775. The average Bonchev–Trinajstić information content (AvgIpc) is 3.33. The summed E-state index contributed by atoms with van der Waals surface area (Å²) in [6.07, 6.45) is 7.29. The minimum Gasteiger partial charge on any atom is -0.342 e. The van der Waals surface area contributed by atoms with Gasteiger partial charge in [-0.2, -0.15) is 0 Å². The Kier molecular flexibility index (Phi) is 5.08. The lowest BCUT2D eigenvalue weighted by molar-refractivity contribution is -0.144. The van der Waals surface area contributed by atoms with Gasteiger partial charge in [0.2, 0.25) is 11.8 Å². The molecule has 3 amide bonds. The molecule has 0 bridgehead atoms. The van der Waals surface area contributed by atoms with Crippen LogP contribution in [0.2, 0.25) is 0 Å². The lowest BCUT2D eigenvalue weighted by Crippen LogP contribution is -2.51. The van der Waals surface area contributed by atoms with Crippen LogP contribution in [0.4, 0.5) is 0 Å². The van der Waals surface area contributed by atoms with Crippen LogP contribution in [-0.4, -0.2) is 76.2 Å². The number of fused-ring (bicyclic) bond motifs is 1. The third-order valence-corrected chi connectivity index (χ3v) is 6.73. The van der Waals surface area contributed by atoms with Gasteiger partial charge in [0.15, 0.2) is 0 Å². The number of carbonyl (C=O) groups is 3.